The average molecular weight is 431 g/mol. The maximum absolute atomic E-state index is 12.6. The first kappa shape index (κ1) is 20.7. The molecule has 32 heavy (non-hydrogen) atoms. The Morgan fingerprint density at radius 2 is 1.97 bits per heavy atom. The van der Waals surface area contributed by atoms with Crippen LogP contribution in [0.25, 0.3) is 11.4 Å². The molecule has 10 nitrogen and oxygen atoms in total. The number of aromatic nitrogens is 3. The number of esters is 1. The highest BCUT2D eigenvalue weighted by atomic mass is 16.6. The van der Waals surface area contributed by atoms with Crippen LogP contribution >= 0.6 is 0 Å². The van der Waals surface area contributed by atoms with Crippen LogP contribution in [0.2, 0.25) is 0 Å². The van der Waals surface area contributed by atoms with E-state index in [1.54, 1.807) is 55.7 Å². The third kappa shape index (κ3) is 4.59. The normalized spacial score (nSPS) is 11.5. The molecule has 0 saturated heterocycles. The van der Waals surface area contributed by atoms with Crippen molar-refractivity contribution < 1.29 is 19.0 Å². The molecular weight excluding hydrogens is 414 g/mol. The molecule has 2 aromatic heterocycles. The molecule has 160 valence electrons. The van der Waals surface area contributed by atoms with Crippen molar-refractivity contribution in [1.82, 2.24) is 15.1 Å². The van der Waals surface area contributed by atoms with Gasteiger partial charge < -0.3 is 14.6 Å². The second kappa shape index (κ2) is 9.04. The van der Waals surface area contributed by atoms with Crippen LogP contribution in [0.5, 0.6) is 0 Å². The van der Waals surface area contributed by atoms with Gasteiger partial charge in [0.25, 0.3) is 11.6 Å². The van der Waals surface area contributed by atoms with E-state index in [1.807, 2.05) is 6.07 Å². The molecular formula is C22H17N5O5. The third-order valence-electron chi connectivity index (χ3n) is 4.48. The van der Waals surface area contributed by atoms with Gasteiger partial charge in [-0.2, -0.15) is 4.98 Å². The van der Waals surface area contributed by atoms with Gasteiger partial charge in [-0.1, -0.05) is 23.4 Å². The summed E-state index contributed by atoms with van der Waals surface area (Å²) in [5.41, 5.74) is 1.35. The lowest BCUT2D eigenvalue weighted by Gasteiger charge is -2.11. The Hall–Kier alpha value is -4.60. The van der Waals surface area contributed by atoms with E-state index in [9.17, 15) is 14.9 Å². The Morgan fingerprint density at radius 3 is 2.69 bits per heavy atom. The first-order chi connectivity index (χ1) is 15.5. The lowest BCUT2D eigenvalue weighted by atomic mass is 10.1. The van der Waals surface area contributed by atoms with Crippen LogP contribution in [-0.4, -0.2) is 26.0 Å². The summed E-state index contributed by atoms with van der Waals surface area (Å²) in [7, 11) is 0. The zero-order valence-electron chi connectivity index (χ0n) is 16.8. The fourth-order valence-corrected chi connectivity index (χ4v) is 2.88. The minimum Gasteiger partial charge on any atom is -0.449 e. The summed E-state index contributed by atoms with van der Waals surface area (Å²) < 4.78 is 10.6. The number of nitrogens with zero attached hydrogens (tertiary/aromatic N) is 4. The van der Waals surface area contributed by atoms with Crippen molar-refractivity contribution in [3.05, 3.63) is 94.6 Å². The summed E-state index contributed by atoms with van der Waals surface area (Å²) in [5.74, 6) is -0.356. The Labute approximate surface area is 182 Å². The van der Waals surface area contributed by atoms with Crippen LogP contribution in [0.15, 0.2) is 77.6 Å². The zero-order chi connectivity index (χ0) is 22.5. The number of para-hydroxylation sites is 1. The Bertz CT molecular complexity index is 1240. The molecule has 0 aliphatic carbocycles. The molecule has 1 unspecified atom stereocenters. The molecule has 2 aromatic carbocycles. The average Bonchev–Trinajstić information content (AvgIpc) is 3.31. The highest BCUT2D eigenvalue weighted by Gasteiger charge is 2.23. The van der Waals surface area contributed by atoms with E-state index < -0.39 is 17.0 Å². The predicted molar refractivity (Wildman–Crippen MR) is 114 cm³/mol. The van der Waals surface area contributed by atoms with E-state index in [1.165, 1.54) is 12.1 Å². The molecule has 0 amide bonds. The van der Waals surface area contributed by atoms with Crippen molar-refractivity contribution in [2.45, 2.75) is 13.0 Å². The molecule has 2 heterocycles. The molecule has 4 rings (SSSR count). The predicted octanol–water partition coefficient (Wildman–Crippen LogP) is 4.70. The quantitative estimate of drug-likeness (QED) is 0.251. The van der Waals surface area contributed by atoms with Crippen LogP contribution in [0, 0.1) is 10.1 Å². The molecule has 1 atom stereocenters. The Balaban J connectivity index is 1.50. The number of nitrogens with one attached hydrogen (secondary N) is 1. The fourth-order valence-electron chi connectivity index (χ4n) is 2.88. The number of anilines is 2. The van der Waals surface area contributed by atoms with Gasteiger partial charge in [0.15, 0.2) is 6.10 Å². The van der Waals surface area contributed by atoms with Gasteiger partial charge in [0.05, 0.1) is 10.5 Å². The van der Waals surface area contributed by atoms with E-state index >= 15 is 0 Å². The first-order valence-electron chi connectivity index (χ1n) is 9.57. The van der Waals surface area contributed by atoms with E-state index in [-0.39, 0.29) is 22.8 Å². The van der Waals surface area contributed by atoms with Gasteiger partial charge in [-0.25, -0.2) is 4.79 Å². The minimum atomic E-state index is -0.860. The summed E-state index contributed by atoms with van der Waals surface area (Å²) in [5, 5.41) is 18.4. The molecule has 0 aliphatic rings. The van der Waals surface area contributed by atoms with Crippen molar-refractivity contribution in [2.24, 2.45) is 0 Å². The van der Waals surface area contributed by atoms with Crippen LogP contribution in [-0.2, 0) is 4.74 Å². The highest BCUT2D eigenvalue weighted by molar-refractivity contribution is 5.91. The van der Waals surface area contributed by atoms with E-state index in [0.29, 0.717) is 17.1 Å². The Morgan fingerprint density at radius 1 is 1.16 bits per heavy atom. The molecule has 0 spiro atoms. The Kier molecular flexibility index (Phi) is 5.84. The molecule has 0 aliphatic heterocycles. The number of benzene rings is 2. The zero-order valence-corrected chi connectivity index (χ0v) is 16.8. The summed E-state index contributed by atoms with van der Waals surface area (Å²) in [4.78, 5) is 31.8. The van der Waals surface area contributed by atoms with Crippen LogP contribution in [0.3, 0.4) is 0 Å². The van der Waals surface area contributed by atoms with E-state index in [2.05, 4.69) is 20.4 Å². The molecule has 0 radical (unpaired) electrons. The van der Waals surface area contributed by atoms with Gasteiger partial charge in [-0.15, -0.1) is 0 Å². The summed E-state index contributed by atoms with van der Waals surface area (Å²) >= 11 is 0. The second-order valence-corrected chi connectivity index (χ2v) is 6.73. The molecule has 4 aromatic rings. The number of carbonyl (C=O) groups is 1. The number of carbonyl (C=O) groups excluding carboxylic acids is 1. The molecule has 10 heteroatoms. The third-order valence-corrected chi connectivity index (χ3v) is 4.48. The van der Waals surface area contributed by atoms with E-state index in [4.69, 9.17) is 9.26 Å². The number of nitro groups is 1. The van der Waals surface area contributed by atoms with Crippen molar-refractivity contribution in [1.29, 1.82) is 0 Å². The van der Waals surface area contributed by atoms with Crippen molar-refractivity contribution in [3.63, 3.8) is 0 Å². The van der Waals surface area contributed by atoms with Crippen LogP contribution < -0.4 is 5.32 Å². The smallest absolute Gasteiger partial charge is 0.339 e. The number of rotatable bonds is 7. The monoisotopic (exact) mass is 431 g/mol. The van der Waals surface area contributed by atoms with Gasteiger partial charge in [0.1, 0.15) is 5.69 Å². The minimum absolute atomic E-state index is 0.0224. The maximum Gasteiger partial charge on any atom is 0.339 e. The SMILES string of the molecule is CC(OC(=O)c1ccc(Nc2ccccc2)c([N+](=O)[O-])c1)c1nc(-c2cccnc2)no1. The largest absolute Gasteiger partial charge is 0.449 e. The van der Waals surface area contributed by atoms with Crippen LogP contribution in [0.1, 0.15) is 29.3 Å². The number of hydrogen-bond donors (Lipinski definition) is 1. The van der Waals surface area contributed by atoms with Gasteiger partial charge >= 0.3 is 5.97 Å². The number of pyridine rings is 1. The van der Waals surface area contributed by atoms with Gasteiger partial charge in [-0.3, -0.25) is 15.1 Å². The second-order valence-electron chi connectivity index (χ2n) is 6.73. The van der Waals surface area contributed by atoms with Gasteiger partial charge in [0.2, 0.25) is 5.82 Å². The van der Waals surface area contributed by atoms with Gasteiger partial charge in [0, 0.05) is 29.7 Å². The van der Waals surface area contributed by atoms with Gasteiger partial charge in [-0.05, 0) is 43.3 Å². The molecule has 0 bridgehead atoms. The molecule has 0 fully saturated rings. The van der Waals surface area contributed by atoms with E-state index in [0.717, 1.165) is 6.07 Å². The standard InChI is InChI=1S/C22H17N5O5/c1-14(21-25-20(26-32-21)16-6-5-11-23-13-16)31-22(28)15-9-10-18(19(12-15)27(29)30)24-17-7-3-2-4-8-17/h2-14,24H,1H3. The maximum atomic E-state index is 12.6. The molecule has 0 saturated carbocycles. The topological polar surface area (TPSA) is 133 Å². The van der Waals surface area contributed by atoms with Crippen LogP contribution in [0.4, 0.5) is 17.1 Å². The molecule has 1 N–H and O–H groups in total. The van der Waals surface area contributed by atoms with Crippen molar-refractivity contribution in [2.75, 3.05) is 5.32 Å². The number of hydrogen-bond acceptors (Lipinski definition) is 9. The summed E-state index contributed by atoms with van der Waals surface area (Å²) in [6.07, 6.45) is 2.34. The summed E-state index contributed by atoms with van der Waals surface area (Å²) in [6, 6.07) is 16.6. The summed E-state index contributed by atoms with van der Waals surface area (Å²) in [6.45, 7) is 1.57. The first-order valence-corrected chi connectivity index (χ1v) is 9.57. The highest BCUT2D eigenvalue weighted by Crippen LogP contribution is 2.29. The number of nitro benzene ring substituents is 1. The number of ether oxygens (including phenoxy) is 1. The fraction of sp³-hybridized carbons (Fsp3) is 0.0909. The lowest BCUT2D eigenvalue weighted by Crippen LogP contribution is -2.10. The lowest BCUT2D eigenvalue weighted by molar-refractivity contribution is -0.383. The van der Waals surface area contributed by atoms with Crippen molar-refractivity contribution >= 4 is 23.0 Å². The van der Waals surface area contributed by atoms with Crippen molar-refractivity contribution in [3.8, 4) is 11.4 Å².